The molecule has 0 radical (unpaired) electrons. The minimum absolute atomic E-state index is 0.746. The largest absolute Gasteiger partial charge is 0.317 e. The van der Waals surface area contributed by atoms with E-state index in [4.69, 9.17) is 0 Å². The van der Waals surface area contributed by atoms with Crippen molar-refractivity contribution in [1.82, 2.24) is 5.32 Å². The Kier molecular flexibility index (Phi) is 8.26. The summed E-state index contributed by atoms with van der Waals surface area (Å²) in [6.45, 7) is 9.23. The Morgan fingerprint density at radius 1 is 0.786 bits per heavy atom. The highest BCUT2D eigenvalue weighted by Crippen LogP contribution is 2.13. The summed E-state index contributed by atoms with van der Waals surface area (Å²) in [6, 6.07) is 0.746. The lowest BCUT2D eigenvalue weighted by Gasteiger charge is -2.17. The predicted octanol–water partition coefficient (Wildman–Crippen LogP) is 3.84. The minimum Gasteiger partial charge on any atom is -0.317 e. The van der Waals surface area contributed by atoms with E-state index in [1.807, 2.05) is 0 Å². The van der Waals surface area contributed by atoms with Crippen LogP contribution in [0.15, 0.2) is 0 Å². The molecule has 0 aliphatic heterocycles. The normalized spacial score (nSPS) is 13.9. The molecule has 1 atom stereocenters. The van der Waals surface area contributed by atoms with Crippen LogP contribution in [-0.4, -0.2) is 13.1 Å². The van der Waals surface area contributed by atoms with E-state index in [0.29, 0.717) is 0 Å². The van der Waals surface area contributed by atoms with Gasteiger partial charge in [-0.05, 0) is 38.1 Å². The molecule has 86 valence electrons. The monoisotopic (exact) mass is 199 g/mol. The summed E-state index contributed by atoms with van der Waals surface area (Å²) < 4.78 is 0. The van der Waals surface area contributed by atoms with Gasteiger partial charge in [0.1, 0.15) is 0 Å². The first kappa shape index (κ1) is 14.0. The fraction of sp³-hybridized carbons (Fsp3) is 1.00. The molecule has 1 nitrogen and oxygen atoms in total. The van der Waals surface area contributed by atoms with Crippen LogP contribution in [0.1, 0.15) is 59.8 Å². The van der Waals surface area contributed by atoms with E-state index in [1.54, 1.807) is 0 Å². The fourth-order valence-electron chi connectivity index (χ4n) is 1.74. The van der Waals surface area contributed by atoms with Gasteiger partial charge in [0.2, 0.25) is 0 Å². The highest BCUT2D eigenvalue weighted by atomic mass is 14.9. The first-order chi connectivity index (χ1) is 6.56. The number of hydrogen-bond donors (Lipinski definition) is 1. The van der Waals surface area contributed by atoms with Gasteiger partial charge in [0.25, 0.3) is 0 Å². The van der Waals surface area contributed by atoms with Crippen LogP contribution in [0, 0.1) is 11.8 Å². The van der Waals surface area contributed by atoms with E-state index in [1.165, 1.54) is 32.1 Å². The Morgan fingerprint density at radius 3 is 1.79 bits per heavy atom. The average molecular weight is 199 g/mol. The summed E-state index contributed by atoms with van der Waals surface area (Å²) in [5.74, 6) is 1.70. The lowest BCUT2D eigenvalue weighted by molar-refractivity contribution is 0.406. The number of rotatable bonds is 8. The van der Waals surface area contributed by atoms with Gasteiger partial charge in [-0.1, -0.05) is 40.5 Å². The van der Waals surface area contributed by atoms with Crippen molar-refractivity contribution >= 4 is 0 Å². The zero-order valence-electron chi connectivity index (χ0n) is 10.8. The third kappa shape index (κ3) is 8.55. The fourth-order valence-corrected chi connectivity index (χ4v) is 1.74. The summed E-state index contributed by atoms with van der Waals surface area (Å²) in [6.07, 6.45) is 6.79. The molecule has 0 bridgehead atoms. The highest BCUT2D eigenvalue weighted by Gasteiger charge is 2.07. The van der Waals surface area contributed by atoms with Crippen LogP contribution in [0.2, 0.25) is 0 Å². The second-order valence-electron chi connectivity index (χ2n) is 5.28. The topological polar surface area (TPSA) is 12.0 Å². The molecule has 0 saturated carbocycles. The maximum atomic E-state index is 3.43. The molecular formula is C13H29N. The maximum Gasteiger partial charge on any atom is 0.00641 e. The zero-order chi connectivity index (χ0) is 11.0. The maximum absolute atomic E-state index is 3.43. The van der Waals surface area contributed by atoms with E-state index in [0.717, 1.165) is 17.9 Å². The first-order valence-electron chi connectivity index (χ1n) is 6.23. The van der Waals surface area contributed by atoms with E-state index in [-0.39, 0.29) is 0 Å². The molecule has 0 fully saturated rings. The molecule has 1 unspecified atom stereocenters. The smallest absolute Gasteiger partial charge is 0.00641 e. The molecule has 1 heteroatoms. The van der Waals surface area contributed by atoms with Gasteiger partial charge >= 0.3 is 0 Å². The van der Waals surface area contributed by atoms with Crippen molar-refractivity contribution in [2.45, 2.75) is 65.8 Å². The second kappa shape index (κ2) is 8.28. The molecule has 0 saturated heterocycles. The molecule has 0 amide bonds. The molecule has 0 aliphatic carbocycles. The van der Waals surface area contributed by atoms with Crippen LogP contribution in [0.3, 0.4) is 0 Å². The van der Waals surface area contributed by atoms with Crippen LogP contribution in [0.4, 0.5) is 0 Å². The van der Waals surface area contributed by atoms with Gasteiger partial charge in [-0.25, -0.2) is 0 Å². The zero-order valence-corrected chi connectivity index (χ0v) is 10.8. The van der Waals surface area contributed by atoms with Crippen LogP contribution >= 0.6 is 0 Å². The summed E-state index contributed by atoms with van der Waals surface area (Å²) in [5, 5.41) is 3.43. The van der Waals surface area contributed by atoms with Crippen molar-refractivity contribution in [2.75, 3.05) is 7.05 Å². The highest BCUT2D eigenvalue weighted by molar-refractivity contribution is 4.66. The molecule has 0 aromatic rings. The van der Waals surface area contributed by atoms with Gasteiger partial charge in [-0.3, -0.25) is 0 Å². The van der Waals surface area contributed by atoms with Crippen molar-refractivity contribution < 1.29 is 0 Å². The molecule has 0 aromatic heterocycles. The second-order valence-corrected chi connectivity index (χ2v) is 5.28. The Hall–Kier alpha value is -0.0400. The van der Waals surface area contributed by atoms with Gasteiger partial charge in [0.05, 0.1) is 0 Å². The summed E-state index contributed by atoms with van der Waals surface area (Å²) in [7, 11) is 2.10. The van der Waals surface area contributed by atoms with E-state index >= 15 is 0 Å². The van der Waals surface area contributed by atoms with Crippen LogP contribution in [0.25, 0.3) is 0 Å². The van der Waals surface area contributed by atoms with Gasteiger partial charge in [0, 0.05) is 6.04 Å². The van der Waals surface area contributed by atoms with Gasteiger partial charge < -0.3 is 5.32 Å². The third-order valence-corrected chi connectivity index (χ3v) is 2.83. The van der Waals surface area contributed by atoms with Crippen molar-refractivity contribution in [2.24, 2.45) is 11.8 Å². The predicted molar refractivity (Wildman–Crippen MR) is 65.6 cm³/mol. The molecule has 0 heterocycles. The van der Waals surface area contributed by atoms with Crippen LogP contribution < -0.4 is 5.32 Å². The van der Waals surface area contributed by atoms with Gasteiger partial charge in [-0.2, -0.15) is 0 Å². The molecule has 1 N–H and O–H groups in total. The number of nitrogens with one attached hydrogen (secondary N) is 1. The quantitative estimate of drug-likeness (QED) is 0.626. The average Bonchev–Trinajstić information content (AvgIpc) is 2.10. The summed E-state index contributed by atoms with van der Waals surface area (Å²) in [5.41, 5.74) is 0. The summed E-state index contributed by atoms with van der Waals surface area (Å²) in [4.78, 5) is 0. The lowest BCUT2D eigenvalue weighted by Crippen LogP contribution is -2.25. The van der Waals surface area contributed by atoms with E-state index in [9.17, 15) is 0 Å². The van der Waals surface area contributed by atoms with Crippen molar-refractivity contribution in [3.63, 3.8) is 0 Å². The van der Waals surface area contributed by atoms with E-state index < -0.39 is 0 Å². The number of hydrogen-bond acceptors (Lipinski definition) is 1. The SMILES string of the molecule is CNC(CCCC(C)C)CCC(C)C. The molecule has 0 aromatic carbocycles. The molecular weight excluding hydrogens is 170 g/mol. The van der Waals surface area contributed by atoms with Crippen LogP contribution in [-0.2, 0) is 0 Å². The van der Waals surface area contributed by atoms with Gasteiger partial charge in [0.15, 0.2) is 0 Å². The minimum atomic E-state index is 0.746. The Bertz CT molecular complexity index is 118. The Labute approximate surface area is 90.7 Å². The first-order valence-corrected chi connectivity index (χ1v) is 6.23. The van der Waals surface area contributed by atoms with Crippen molar-refractivity contribution in [1.29, 1.82) is 0 Å². The lowest BCUT2D eigenvalue weighted by atomic mass is 9.97. The molecule has 0 spiro atoms. The third-order valence-electron chi connectivity index (χ3n) is 2.83. The van der Waals surface area contributed by atoms with Crippen LogP contribution in [0.5, 0.6) is 0 Å². The Morgan fingerprint density at radius 2 is 1.36 bits per heavy atom. The van der Waals surface area contributed by atoms with Crippen molar-refractivity contribution in [3.8, 4) is 0 Å². The molecule has 14 heavy (non-hydrogen) atoms. The van der Waals surface area contributed by atoms with Crippen molar-refractivity contribution in [3.05, 3.63) is 0 Å². The molecule has 0 aliphatic rings. The van der Waals surface area contributed by atoms with E-state index in [2.05, 4.69) is 40.1 Å². The molecule has 0 rings (SSSR count). The standard InChI is InChI=1S/C13H29N/c1-11(2)7-6-8-13(14-5)10-9-12(3)4/h11-14H,6-10H2,1-5H3. The van der Waals surface area contributed by atoms with Gasteiger partial charge in [-0.15, -0.1) is 0 Å². The summed E-state index contributed by atoms with van der Waals surface area (Å²) >= 11 is 0. The Balaban J connectivity index is 3.48.